The molecule has 1 aliphatic carbocycles. The van der Waals surface area contributed by atoms with E-state index in [-0.39, 0.29) is 11.8 Å². The van der Waals surface area contributed by atoms with Crippen molar-refractivity contribution in [2.24, 2.45) is 5.92 Å². The summed E-state index contributed by atoms with van der Waals surface area (Å²) in [5, 5.41) is 3.04. The minimum Gasteiger partial charge on any atom is -0.326 e. The molecular weight excluding hydrogens is 290 g/mol. The minimum absolute atomic E-state index is 0.184. The van der Waals surface area contributed by atoms with Gasteiger partial charge in [-0.25, -0.2) is 0 Å². The largest absolute Gasteiger partial charge is 0.326 e. The lowest BCUT2D eigenvalue weighted by Gasteiger charge is -2.10. The van der Waals surface area contributed by atoms with Gasteiger partial charge in [0.1, 0.15) is 0 Å². The molecule has 22 heavy (non-hydrogen) atoms. The lowest BCUT2D eigenvalue weighted by atomic mass is 10.1. The number of thioether (sulfide) groups is 1. The molecular formula is C19H21NOS. The molecule has 0 saturated heterocycles. The molecule has 0 aliphatic heterocycles. The van der Waals surface area contributed by atoms with Crippen molar-refractivity contribution in [3.8, 4) is 0 Å². The van der Waals surface area contributed by atoms with E-state index >= 15 is 0 Å². The highest BCUT2D eigenvalue weighted by Gasteiger charge is 2.22. The second kappa shape index (κ2) is 7.50. The fourth-order valence-electron chi connectivity index (χ4n) is 2.80. The van der Waals surface area contributed by atoms with Gasteiger partial charge in [0.2, 0.25) is 5.91 Å². The van der Waals surface area contributed by atoms with Crippen LogP contribution in [0, 0.1) is 5.92 Å². The SMILES string of the molecule is O=C(Nc1ccc(CSc2ccccc2)cc1)C1CCCC1. The molecule has 2 nitrogen and oxygen atoms in total. The number of hydrogen-bond donors (Lipinski definition) is 1. The first kappa shape index (κ1) is 15.2. The Bertz CT molecular complexity index is 603. The second-order valence-electron chi connectivity index (χ2n) is 5.77. The number of anilines is 1. The summed E-state index contributed by atoms with van der Waals surface area (Å²) < 4.78 is 0. The van der Waals surface area contributed by atoms with Gasteiger partial charge in [0.15, 0.2) is 0 Å². The van der Waals surface area contributed by atoms with E-state index in [2.05, 4.69) is 41.7 Å². The summed E-state index contributed by atoms with van der Waals surface area (Å²) in [6, 6.07) is 18.6. The van der Waals surface area contributed by atoms with E-state index in [9.17, 15) is 4.79 Å². The molecule has 0 aromatic heterocycles. The van der Waals surface area contributed by atoms with Crippen molar-refractivity contribution in [2.45, 2.75) is 36.3 Å². The van der Waals surface area contributed by atoms with Gasteiger partial charge in [-0.1, -0.05) is 43.2 Å². The van der Waals surface area contributed by atoms with Crippen LogP contribution in [0.5, 0.6) is 0 Å². The predicted molar refractivity (Wildman–Crippen MR) is 93.0 cm³/mol. The second-order valence-corrected chi connectivity index (χ2v) is 6.82. The molecule has 1 saturated carbocycles. The molecule has 0 spiro atoms. The standard InChI is InChI=1S/C19H21NOS/c21-19(16-6-4-5-7-16)20-17-12-10-15(11-13-17)14-22-18-8-2-1-3-9-18/h1-3,8-13,16H,4-7,14H2,(H,20,21). The van der Waals surface area contributed by atoms with Crippen LogP contribution in [0.15, 0.2) is 59.5 Å². The number of amides is 1. The van der Waals surface area contributed by atoms with Crippen LogP contribution in [0.4, 0.5) is 5.69 Å². The highest BCUT2D eigenvalue weighted by Crippen LogP contribution is 2.26. The van der Waals surface area contributed by atoms with E-state index in [4.69, 9.17) is 0 Å². The molecule has 3 heteroatoms. The van der Waals surface area contributed by atoms with Crippen molar-refractivity contribution in [3.63, 3.8) is 0 Å². The molecule has 0 heterocycles. The molecule has 1 N–H and O–H groups in total. The lowest BCUT2D eigenvalue weighted by molar-refractivity contribution is -0.119. The molecule has 1 fully saturated rings. The van der Waals surface area contributed by atoms with Crippen LogP contribution in [0.1, 0.15) is 31.2 Å². The zero-order valence-corrected chi connectivity index (χ0v) is 13.4. The molecule has 0 radical (unpaired) electrons. The van der Waals surface area contributed by atoms with E-state index in [1.165, 1.54) is 23.3 Å². The first-order chi connectivity index (χ1) is 10.8. The van der Waals surface area contributed by atoms with Crippen LogP contribution >= 0.6 is 11.8 Å². The Hall–Kier alpha value is -1.74. The summed E-state index contributed by atoms with van der Waals surface area (Å²) in [6.45, 7) is 0. The van der Waals surface area contributed by atoms with E-state index in [1.807, 2.05) is 30.0 Å². The van der Waals surface area contributed by atoms with E-state index < -0.39 is 0 Å². The third-order valence-corrected chi connectivity index (χ3v) is 5.18. The summed E-state index contributed by atoms with van der Waals surface area (Å²) in [5.74, 6) is 1.35. The highest BCUT2D eigenvalue weighted by atomic mass is 32.2. The zero-order valence-electron chi connectivity index (χ0n) is 12.6. The van der Waals surface area contributed by atoms with Gasteiger partial charge in [-0.2, -0.15) is 0 Å². The number of carbonyl (C=O) groups is 1. The van der Waals surface area contributed by atoms with Crippen molar-refractivity contribution >= 4 is 23.4 Å². The summed E-state index contributed by atoms with van der Waals surface area (Å²) >= 11 is 1.83. The first-order valence-corrected chi connectivity index (χ1v) is 8.87. The number of benzene rings is 2. The van der Waals surface area contributed by atoms with E-state index in [0.29, 0.717) is 0 Å². The Morgan fingerprint density at radius 2 is 1.68 bits per heavy atom. The molecule has 114 valence electrons. The molecule has 3 rings (SSSR count). The van der Waals surface area contributed by atoms with Crippen molar-refractivity contribution in [1.29, 1.82) is 0 Å². The van der Waals surface area contributed by atoms with Crippen LogP contribution in [0.3, 0.4) is 0 Å². The maximum atomic E-state index is 12.1. The maximum absolute atomic E-state index is 12.1. The van der Waals surface area contributed by atoms with Gasteiger partial charge in [0.05, 0.1) is 0 Å². The van der Waals surface area contributed by atoms with Crippen LogP contribution in [-0.4, -0.2) is 5.91 Å². The molecule has 0 atom stereocenters. The molecule has 1 amide bonds. The van der Waals surface area contributed by atoms with Crippen molar-refractivity contribution in [2.75, 3.05) is 5.32 Å². The van der Waals surface area contributed by atoms with Gasteiger partial charge in [-0.3, -0.25) is 4.79 Å². The molecule has 2 aromatic carbocycles. The average Bonchev–Trinajstić information content (AvgIpc) is 3.10. The molecule has 2 aromatic rings. The van der Waals surface area contributed by atoms with Crippen molar-refractivity contribution in [1.82, 2.24) is 0 Å². The number of carbonyl (C=O) groups excluding carboxylic acids is 1. The van der Waals surface area contributed by atoms with E-state index in [0.717, 1.165) is 24.3 Å². The van der Waals surface area contributed by atoms with Crippen LogP contribution < -0.4 is 5.32 Å². The number of hydrogen-bond acceptors (Lipinski definition) is 2. The Labute approximate surface area is 136 Å². The Kier molecular flexibility index (Phi) is 5.17. The Morgan fingerprint density at radius 3 is 2.36 bits per heavy atom. The zero-order chi connectivity index (χ0) is 15.2. The molecule has 0 bridgehead atoms. The summed E-state index contributed by atoms with van der Waals surface area (Å²) in [7, 11) is 0. The third kappa shape index (κ3) is 4.14. The lowest BCUT2D eigenvalue weighted by Crippen LogP contribution is -2.20. The normalized spacial score (nSPS) is 14.9. The fourth-order valence-corrected chi connectivity index (χ4v) is 3.68. The number of rotatable bonds is 5. The van der Waals surface area contributed by atoms with Gasteiger partial charge in [0.25, 0.3) is 0 Å². The smallest absolute Gasteiger partial charge is 0.227 e. The fraction of sp³-hybridized carbons (Fsp3) is 0.316. The molecule has 0 unspecified atom stereocenters. The number of nitrogens with one attached hydrogen (secondary N) is 1. The van der Waals surface area contributed by atoms with Crippen molar-refractivity contribution < 1.29 is 4.79 Å². The summed E-state index contributed by atoms with van der Waals surface area (Å²) in [5.41, 5.74) is 2.18. The Balaban J connectivity index is 1.52. The minimum atomic E-state index is 0.184. The highest BCUT2D eigenvalue weighted by molar-refractivity contribution is 7.98. The van der Waals surface area contributed by atoms with Crippen molar-refractivity contribution in [3.05, 3.63) is 60.2 Å². The Morgan fingerprint density at radius 1 is 1.00 bits per heavy atom. The van der Waals surface area contributed by atoms with Crippen LogP contribution in [-0.2, 0) is 10.5 Å². The van der Waals surface area contributed by atoms with Crippen LogP contribution in [0.2, 0.25) is 0 Å². The van der Waals surface area contributed by atoms with E-state index in [1.54, 1.807) is 0 Å². The van der Waals surface area contributed by atoms with Crippen LogP contribution in [0.25, 0.3) is 0 Å². The van der Waals surface area contributed by atoms with Gasteiger partial charge >= 0.3 is 0 Å². The summed E-state index contributed by atoms with van der Waals surface area (Å²) in [4.78, 5) is 13.4. The summed E-state index contributed by atoms with van der Waals surface area (Å²) in [6.07, 6.45) is 4.46. The maximum Gasteiger partial charge on any atom is 0.227 e. The topological polar surface area (TPSA) is 29.1 Å². The van der Waals surface area contributed by atoms with Gasteiger partial charge < -0.3 is 5.32 Å². The quantitative estimate of drug-likeness (QED) is 0.778. The monoisotopic (exact) mass is 311 g/mol. The average molecular weight is 311 g/mol. The van der Waals surface area contributed by atoms with Gasteiger partial charge in [-0.15, -0.1) is 11.8 Å². The third-order valence-electron chi connectivity index (χ3n) is 4.10. The van der Waals surface area contributed by atoms with Gasteiger partial charge in [-0.05, 0) is 42.7 Å². The first-order valence-electron chi connectivity index (χ1n) is 7.89. The predicted octanol–water partition coefficient (Wildman–Crippen LogP) is 5.11. The molecule has 1 aliphatic rings. The van der Waals surface area contributed by atoms with Gasteiger partial charge in [0, 0.05) is 22.3 Å².